The third kappa shape index (κ3) is 5.48. The minimum atomic E-state index is -0.0447. The number of hydrogen-bond donors (Lipinski definition) is 2. The predicted molar refractivity (Wildman–Crippen MR) is 85.0 cm³/mol. The van der Waals surface area contributed by atoms with Crippen LogP contribution in [0.3, 0.4) is 0 Å². The second-order valence-corrected chi connectivity index (χ2v) is 5.99. The van der Waals surface area contributed by atoms with E-state index in [0.717, 1.165) is 30.0 Å². The van der Waals surface area contributed by atoms with Crippen LogP contribution in [0.25, 0.3) is 0 Å². The van der Waals surface area contributed by atoms with Crippen LogP contribution in [0.4, 0.5) is 5.69 Å². The van der Waals surface area contributed by atoms with Crippen molar-refractivity contribution in [2.45, 2.75) is 51.7 Å². The molecule has 1 aliphatic carbocycles. The van der Waals surface area contributed by atoms with Crippen LogP contribution in [0, 0.1) is 5.92 Å². The summed E-state index contributed by atoms with van der Waals surface area (Å²) in [6, 6.07) is 7.84. The minimum Gasteiger partial charge on any atom is -0.374 e. The van der Waals surface area contributed by atoms with Gasteiger partial charge in [0.15, 0.2) is 0 Å². The molecular weight excluding hydrogens is 264 g/mol. The number of rotatable bonds is 6. The summed E-state index contributed by atoms with van der Waals surface area (Å²) in [6.45, 7) is 3.27. The quantitative estimate of drug-likeness (QED) is 0.846. The van der Waals surface area contributed by atoms with Gasteiger partial charge in [-0.25, -0.2) is 0 Å². The molecule has 1 aromatic rings. The van der Waals surface area contributed by atoms with Crippen molar-refractivity contribution in [2.75, 3.05) is 11.9 Å². The molecule has 1 saturated carbocycles. The normalized spacial score (nSPS) is 22.0. The van der Waals surface area contributed by atoms with E-state index in [1.54, 1.807) is 0 Å². The van der Waals surface area contributed by atoms with Crippen molar-refractivity contribution in [3.63, 3.8) is 0 Å². The van der Waals surface area contributed by atoms with Gasteiger partial charge in [0, 0.05) is 18.7 Å². The average molecular weight is 290 g/mol. The molecule has 21 heavy (non-hydrogen) atoms. The summed E-state index contributed by atoms with van der Waals surface area (Å²) in [4.78, 5) is 11.5. The summed E-state index contributed by atoms with van der Waals surface area (Å²) in [5.74, 6) is 0.724. The summed E-state index contributed by atoms with van der Waals surface area (Å²) in [6.07, 6.45) is 5.64. The van der Waals surface area contributed by atoms with E-state index < -0.39 is 0 Å². The maximum absolute atomic E-state index is 11.5. The maximum atomic E-state index is 11.5. The molecule has 2 rings (SSSR count). The van der Waals surface area contributed by atoms with Crippen molar-refractivity contribution in [3.05, 3.63) is 29.8 Å². The predicted octanol–water partition coefficient (Wildman–Crippen LogP) is 3.07. The maximum Gasteiger partial charge on any atom is 0.225 e. The molecule has 1 aliphatic rings. The van der Waals surface area contributed by atoms with Crippen molar-refractivity contribution in [1.82, 2.24) is 0 Å². The Bertz CT molecular complexity index is 462. The molecule has 0 heterocycles. The van der Waals surface area contributed by atoms with Crippen molar-refractivity contribution < 1.29 is 9.53 Å². The molecule has 2 atom stereocenters. The Morgan fingerprint density at radius 2 is 2.29 bits per heavy atom. The first-order valence-electron chi connectivity index (χ1n) is 7.88. The Balaban J connectivity index is 1.84. The Kier molecular flexibility index (Phi) is 6.21. The highest BCUT2D eigenvalue weighted by atomic mass is 16.5. The van der Waals surface area contributed by atoms with Crippen molar-refractivity contribution >= 4 is 11.6 Å². The number of ether oxygens (including phenoxy) is 1. The summed E-state index contributed by atoms with van der Waals surface area (Å²) in [5.41, 5.74) is 7.28. The molecule has 0 spiro atoms. The first kappa shape index (κ1) is 16.0. The zero-order valence-electron chi connectivity index (χ0n) is 12.8. The number of nitrogens with one attached hydrogen (secondary N) is 1. The molecule has 3 N–H and O–H groups in total. The van der Waals surface area contributed by atoms with Crippen LogP contribution in [0.2, 0.25) is 0 Å². The van der Waals surface area contributed by atoms with E-state index in [-0.39, 0.29) is 5.91 Å². The van der Waals surface area contributed by atoms with E-state index in [4.69, 9.17) is 10.5 Å². The molecule has 0 aromatic heterocycles. The Morgan fingerprint density at radius 3 is 3.05 bits per heavy atom. The molecule has 1 aromatic carbocycles. The smallest absolute Gasteiger partial charge is 0.225 e. The fourth-order valence-electron chi connectivity index (χ4n) is 2.84. The average Bonchev–Trinajstić information content (AvgIpc) is 2.46. The van der Waals surface area contributed by atoms with E-state index in [9.17, 15) is 4.79 Å². The lowest BCUT2D eigenvalue weighted by molar-refractivity contribution is -0.116. The van der Waals surface area contributed by atoms with Gasteiger partial charge in [0.05, 0.1) is 12.7 Å². The van der Waals surface area contributed by atoms with Gasteiger partial charge in [-0.05, 0) is 36.5 Å². The van der Waals surface area contributed by atoms with E-state index in [1.807, 2.05) is 24.3 Å². The molecule has 4 heteroatoms. The van der Waals surface area contributed by atoms with Crippen LogP contribution in [0.1, 0.15) is 44.6 Å². The number of amides is 1. The Morgan fingerprint density at radius 1 is 1.43 bits per heavy atom. The standard InChI is InChI=1S/C17H26N2O2/c1-13-4-2-7-16(10-13)21-12-14-5-3-6-15(11-14)19-17(20)8-9-18/h3,5-6,11,13,16H,2,4,7-10,12,18H2,1H3,(H,19,20). The number of nitrogens with two attached hydrogens (primary N) is 1. The van der Waals surface area contributed by atoms with Gasteiger partial charge in [-0.15, -0.1) is 0 Å². The fraction of sp³-hybridized carbons (Fsp3) is 0.588. The van der Waals surface area contributed by atoms with Gasteiger partial charge in [0.2, 0.25) is 5.91 Å². The minimum absolute atomic E-state index is 0.0447. The van der Waals surface area contributed by atoms with Crippen molar-refractivity contribution in [2.24, 2.45) is 11.7 Å². The van der Waals surface area contributed by atoms with Crippen molar-refractivity contribution in [3.8, 4) is 0 Å². The highest BCUT2D eigenvalue weighted by Crippen LogP contribution is 2.26. The highest BCUT2D eigenvalue weighted by molar-refractivity contribution is 5.90. The molecule has 0 bridgehead atoms. The van der Waals surface area contributed by atoms with E-state index >= 15 is 0 Å². The van der Waals surface area contributed by atoms with Crippen LogP contribution in [0.5, 0.6) is 0 Å². The Hall–Kier alpha value is -1.39. The van der Waals surface area contributed by atoms with Gasteiger partial charge in [-0.1, -0.05) is 31.9 Å². The zero-order chi connectivity index (χ0) is 15.1. The van der Waals surface area contributed by atoms with Gasteiger partial charge >= 0.3 is 0 Å². The number of carbonyl (C=O) groups is 1. The summed E-state index contributed by atoms with van der Waals surface area (Å²) in [5, 5.41) is 2.85. The van der Waals surface area contributed by atoms with E-state index in [2.05, 4.69) is 12.2 Å². The monoisotopic (exact) mass is 290 g/mol. The van der Waals surface area contributed by atoms with Crippen LogP contribution in [-0.4, -0.2) is 18.6 Å². The van der Waals surface area contributed by atoms with Crippen LogP contribution < -0.4 is 11.1 Å². The first-order valence-corrected chi connectivity index (χ1v) is 7.88. The first-order chi connectivity index (χ1) is 10.2. The molecule has 0 radical (unpaired) electrons. The second-order valence-electron chi connectivity index (χ2n) is 5.99. The summed E-state index contributed by atoms with van der Waals surface area (Å²) >= 11 is 0. The molecule has 1 fully saturated rings. The Labute approximate surface area is 127 Å². The molecule has 116 valence electrons. The number of benzene rings is 1. The molecule has 4 nitrogen and oxygen atoms in total. The third-order valence-corrected chi connectivity index (χ3v) is 3.96. The van der Waals surface area contributed by atoms with Gasteiger partial charge < -0.3 is 15.8 Å². The lowest BCUT2D eigenvalue weighted by Gasteiger charge is -2.26. The number of hydrogen-bond acceptors (Lipinski definition) is 3. The van der Waals surface area contributed by atoms with Crippen LogP contribution in [0.15, 0.2) is 24.3 Å². The van der Waals surface area contributed by atoms with E-state index in [0.29, 0.717) is 25.7 Å². The van der Waals surface area contributed by atoms with Gasteiger partial charge in [0.25, 0.3) is 0 Å². The summed E-state index contributed by atoms with van der Waals surface area (Å²) in [7, 11) is 0. The molecule has 0 aliphatic heterocycles. The number of anilines is 1. The molecule has 0 saturated heterocycles. The largest absolute Gasteiger partial charge is 0.374 e. The van der Waals surface area contributed by atoms with Gasteiger partial charge in [-0.2, -0.15) is 0 Å². The van der Waals surface area contributed by atoms with Crippen LogP contribution in [-0.2, 0) is 16.1 Å². The van der Waals surface area contributed by atoms with Crippen LogP contribution >= 0.6 is 0 Å². The molecular formula is C17H26N2O2. The van der Waals surface area contributed by atoms with Gasteiger partial charge in [-0.3, -0.25) is 4.79 Å². The van der Waals surface area contributed by atoms with E-state index in [1.165, 1.54) is 12.8 Å². The molecule has 2 unspecified atom stereocenters. The molecule has 1 amide bonds. The zero-order valence-corrected chi connectivity index (χ0v) is 12.8. The summed E-state index contributed by atoms with van der Waals surface area (Å²) < 4.78 is 6.01. The van der Waals surface area contributed by atoms with Gasteiger partial charge in [0.1, 0.15) is 0 Å². The fourth-order valence-corrected chi connectivity index (χ4v) is 2.84. The van der Waals surface area contributed by atoms with Crippen molar-refractivity contribution in [1.29, 1.82) is 0 Å². The lowest BCUT2D eigenvalue weighted by Crippen LogP contribution is -2.21. The highest BCUT2D eigenvalue weighted by Gasteiger charge is 2.19. The SMILES string of the molecule is CC1CCCC(OCc2cccc(NC(=O)CCN)c2)C1. The topological polar surface area (TPSA) is 64.3 Å². The number of carbonyl (C=O) groups excluding carboxylic acids is 1. The third-order valence-electron chi connectivity index (χ3n) is 3.96. The lowest BCUT2D eigenvalue weighted by atomic mass is 9.89. The second kappa shape index (κ2) is 8.15.